The minimum atomic E-state index is 0.0656. The van der Waals surface area contributed by atoms with Crippen molar-refractivity contribution in [1.82, 2.24) is 4.90 Å². The van der Waals surface area contributed by atoms with Crippen LogP contribution in [0.1, 0.15) is 23.2 Å². The Labute approximate surface area is 106 Å². The highest BCUT2D eigenvalue weighted by molar-refractivity contribution is 6.18. The summed E-state index contributed by atoms with van der Waals surface area (Å²) >= 11 is 5.73. The zero-order valence-corrected chi connectivity index (χ0v) is 10.6. The van der Waals surface area contributed by atoms with Crippen molar-refractivity contribution in [3.05, 3.63) is 29.8 Å². The smallest absolute Gasteiger partial charge is 0.254 e. The van der Waals surface area contributed by atoms with E-state index in [1.54, 1.807) is 31.4 Å². The first kappa shape index (κ1) is 12.2. The van der Waals surface area contributed by atoms with Crippen molar-refractivity contribution in [1.29, 1.82) is 0 Å². The molecule has 1 aliphatic carbocycles. The van der Waals surface area contributed by atoms with Gasteiger partial charge in [-0.15, -0.1) is 11.6 Å². The van der Waals surface area contributed by atoms with E-state index in [9.17, 15) is 4.79 Å². The first-order chi connectivity index (χ1) is 8.26. The van der Waals surface area contributed by atoms with Crippen LogP contribution in [-0.4, -0.2) is 36.4 Å². The van der Waals surface area contributed by atoms with Gasteiger partial charge in [-0.05, 0) is 37.1 Å². The van der Waals surface area contributed by atoms with Crippen molar-refractivity contribution in [3.8, 4) is 5.75 Å². The molecule has 1 aliphatic rings. The molecule has 0 spiro atoms. The van der Waals surface area contributed by atoms with Gasteiger partial charge in [0.25, 0.3) is 5.91 Å². The number of rotatable bonds is 5. The minimum Gasteiger partial charge on any atom is -0.497 e. The monoisotopic (exact) mass is 253 g/mol. The summed E-state index contributed by atoms with van der Waals surface area (Å²) in [5.41, 5.74) is 0.697. The van der Waals surface area contributed by atoms with Crippen LogP contribution in [0, 0.1) is 0 Å². The van der Waals surface area contributed by atoms with Gasteiger partial charge >= 0.3 is 0 Å². The third kappa shape index (κ3) is 2.91. The van der Waals surface area contributed by atoms with Gasteiger partial charge in [-0.1, -0.05) is 0 Å². The first-order valence-electron chi connectivity index (χ1n) is 5.77. The Hall–Kier alpha value is -1.22. The topological polar surface area (TPSA) is 29.5 Å². The molecule has 0 atom stereocenters. The van der Waals surface area contributed by atoms with E-state index in [-0.39, 0.29) is 5.91 Å². The summed E-state index contributed by atoms with van der Waals surface area (Å²) in [5, 5.41) is 0. The average Bonchev–Trinajstić information content (AvgIpc) is 3.19. The molecule has 3 nitrogen and oxygen atoms in total. The summed E-state index contributed by atoms with van der Waals surface area (Å²) in [5.74, 6) is 1.31. The predicted octanol–water partition coefficient (Wildman–Crippen LogP) is 2.54. The van der Waals surface area contributed by atoms with Crippen molar-refractivity contribution in [2.45, 2.75) is 18.9 Å². The molecule has 0 unspecified atom stereocenters. The van der Waals surface area contributed by atoms with E-state index in [1.165, 1.54) is 0 Å². The number of alkyl halides is 1. The molecule has 0 aromatic heterocycles. The van der Waals surface area contributed by atoms with Crippen molar-refractivity contribution < 1.29 is 9.53 Å². The number of methoxy groups -OCH3 is 1. The largest absolute Gasteiger partial charge is 0.497 e. The van der Waals surface area contributed by atoms with Crippen LogP contribution < -0.4 is 4.74 Å². The number of hydrogen-bond donors (Lipinski definition) is 0. The van der Waals surface area contributed by atoms with Crippen LogP contribution in [0.5, 0.6) is 5.75 Å². The van der Waals surface area contributed by atoms with Crippen molar-refractivity contribution in [3.63, 3.8) is 0 Å². The normalized spacial score (nSPS) is 14.5. The van der Waals surface area contributed by atoms with Gasteiger partial charge in [0.15, 0.2) is 0 Å². The summed E-state index contributed by atoms with van der Waals surface area (Å²) in [6.45, 7) is 0.622. The molecular formula is C13H16ClNO2. The van der Waals surface area contributed by atoms with Gasteiger partial charge in [-0.25, -0.2) is 0 Å². The van der Waals surface area contributed by atoms with Crippen LogP contribution >= 0.6 is 11.6 Å². The lowest BCUT2D eigenvalue weighted by Crippen LogP contribution is -2.34. The number of halogens is 1. The maximum Gasteiger partial charge on any atom is 0.254 e. The third-order valence-electron chi connectivity index (χ3n) is 2.91. The molecule has 4 heteroatoms. The molecule has 2 rings (SSSR count). The molecule has 92 valence electrons. The first-order valence-corrected chi connectivity index (χ1v) is 6.30. The number of nitrogens with zero attached hydrogens (tertiary/aromatic N) is 1. The van der Waals surface area contributed by atoms with Gasteiger partial charge in [0, 0.05) is 24.0 Å². The number of amides is 1. The summed E-state index contributed by atoms with van der Waals surface area (Å²) < 4.78 is 5.07. The molecule has 0 N–H and O–H groups in total. The Balaban J connectivity index is 2.10. The van der Waals surface area contributed by atoms with Crippen LogP contribution in [0.15, 0.2) is 24.3 Å². The Morgan fingerprint density at radius 2 is 2.06 bits per heavy atom. The molecule has 0 bridgehead atoms. The number of carbonyl (C=O) groups excluding carboxylic acids is 1. The van der Waals surface area contributed by atoms with Gasteiger partial charge in [-0.3, -0.25) is 4.79 Å². The fourth-order valence-electron chi connectivity index (χ4n) is 1.83. The summed E-state index contributed by atoms with van der Waals surface area (Å²) in [7, 11) is 1.61. The highest BCUT2D eigenvalue weighted by atomic mass is 35.5. The number of carbonyl (C=O) groups is 1. The number of benzene rings is 1. The zero-order valence-electron chi connectivity index (χ0n) is 9.86. The molecular weight excluding hydrogens is 238 g/mol. The quantitative estimate of drug-likeness (QED) is 0.755. The molecule has 1 aromatic carbocycles. The van der Waals surface area contributed by atoms with Gasteiger partial charge in [0.05, 0.1) is 7.11 Å². The Bertz CT molecular complexity index is 387. The zero-order chi connectivity index (χ0) is 12.3. The highest BCUT2D eigenvalue weighted by Gasteiger charge is 2.32. The van der Waals surface area contributed by atoms with Crippen molar-refractivity contribution in [2.24, 2.45) is 0 Å². The van der Waals surface area contributed by atoms with E-state index in [0.29, 0.717) is 24.0 Å². The standard InChI is InChI=1S/C13H16ClNO2/c1-17-12-6-2-10(3-7-12)13(16)15(9-8-14)11-4-5-11/h2-3,6-7,11H,4-5,8-9H2,1H3. The van der Waals surface area contributed by atoms with E-state index >= 15 is 0 Å². The van der Waals surface area contributed by atoms with Crippen LogP contribution in [0.3, 0.4) is 0 Å². The molecule has 17 heavy (non-hydrogen) atoms. The number of ether oxygens (including phenoxy) is 1. The fourth-order valence-corrected chi connectivity index (χ4v) is 2.01. The molecule has 1 saturated carbocycles. The number of hydrogen-bond acceptors (Lipinski definition) is 2. The average molecular weight is 254 g/mol. The van der Waals surface area contributed by atoms with E-state index in [4.69, 9.17) is 16.3 Å². The lowest BCUT2D eigenvalue weighted by Gasteiger charge is -2.21. The second-order valence-electron chi connectivity index (χ2n) is 4.15. The second-order valence-corrected chi connectivity index (χ2v) is 4.53. The van der Waals surface area contributed by atoms with E-state index in [1.807, 2.05) is 4.90 Å². The highest BCUT2D eigenvalue weighted by Crippen LogP contribution is 2.28. The minimum absolute atomic E-state index is 0.0656. The van der Waals surface area contributed by atoms with Crippen LogP contribution in [0.4, 0.5) is 0 Å². The van der Waals surface area contributed by atoms with Gasteiger partial charge < -0.3 is 9.64 Å². The lowest BCUT2D eigenvalue weighted by molar-refractivity contribution is 0.0753. The molecule has 0 radical (unpaired) electrons. The van der Waals surface area contributed by atoms with Crippen LogP contribution in [0.25, 0.3) is 0 Å². The van der Waals surface area contributed by atoms with Gasteiger partial charge in [0.1, 0.15) is 5.75 Å². The predicted molar refractivity (Wildman–Crippen MR) is 67.8 cm³/mol. The summed E-state index contributed by atoms with van der Waals surface area (Å²) in [6, 6.07) is 7.59. The van der Waals surface area contributed by atoms with Crippen LogP contribution in [-0.2, 0) is 0 Å². The molecule has 0 saturated heterocycles. The molecule has 0 heterocycles. The maximum atomic E-state index is 12.2. The Morgan fingerprint density at radius 3 is 2.53 bits per heavy atom. The second kappa shape index (κ2) is 5.41. The van der Waals surface area contributed by atoms with Crippen molar-refractivity contribution >= 4 is 17.5 Å². The summed E-state index contributed by atoms with van der Waals surface area (Å²) in [4.78, 5) is 14.1. The van der Waals surface area contributed by atoms with E-state index in [2.05, 4.69) is 0 Å². The van der Waals surface area contributed by atoms with Crippen molar-refractivity contribution in [2.75, 3.05) is 19.5 Å². The maximum absolute atomic E-state index is 12.2. The molecule has 1 fully saturated rings. The third-order valence-corrected chi connectivity index (χ3v) is 3.08. The van der Waals surface area contributed by atoms with E-state index in [0.717, 1.165) is 18.6 Å². The molecule has 1 amide bonds. The Kier molecular flexibility index (Phi) is 3.89. The SMILES string of the molecule is COc1ccc(C(=O)N(CCCl)C2CC2)cc1. The molecule has 1 aromatic rings. The van der Waals surface area contributed by atoms with E-state index < -0.39 is 0 Å². The van der Waals surface area contributed by atoms with Gasteiger partial charge in [0.2, 0.25) is 0 Å². The fraction of sp³-hybridized carbons (Fsp3) is 0.462. The van der Waals surface area contributed by atoms with Crippen LogP contribution in [0.2, 0.25) is 0 Å². The lowest BCUT2D eigenvalue weighted by atomic mass is 10.2. The summed E-state index contributed by atoms with van der Waals surface area (Å²) in [6.07, 6.45) is 2.19. The Morgan fingerprint density at radius 1 is 1.41 bits per heavy atom. The van der Waals surface area contributed by atoms with Gasteiger partial charge in [-0.2, -0.15) is 0 Å². The molecule has 0 aliphatic heterocycles.